The zero-order valence-electron chi connectivity index (χ0n) is 11.6. The van der Waals surface area contributed by atoms with Crippen LogP contribution in [0.25, 0.3) is 0 Å². The predicted octanol–water partition coefficient (Wildman–Crippen LogP) is 4.33. The second-order valence-electron chi connectivity index (χ2n) is 5.66. The Balaban J connectivity index is 1.82. The van der Waals surface area contributed by atoms with Crippen molar-refractivity contribution in [2.24, 2.45) is 5.73 Å². The Kier molecular flexibility index (Phi) is 4.09. The van der Waals surface area contributed by atoms with Crippen molar-refractivity contribution >= 4 is 11.6 Å². The van der Waals surface area contributed by atoms with E-state index in [1.807, 2.05) is 18.2 Å². The van der Waals surface area contributed by atoms with Gasteiger partial charge >= 0.3 is 0 Å². The van der Waals surface area contributed by atoms with E-state index in [1.165, 1.54) is 30.4 Å². The van der Waals surface area contributed by atoms with Crippen LogP contribution in [-0.2, 0) is 12.8 Å². The van der Waals surface area contributed by atoms with Crippen LogP contribution in [0.1, 0.15) is 35.4 Å². The summed E-state index contributed by atoms with van der Waals surface area (Å²) < 4.78 is 0. The average Bonchev–Trinajstić information content (AvgIpc) is 2.49. The van der Waals surface area contributed by atoms with Gasteiger partial charge in [0.15, 0.2) is 0 Å². The van der Waals surface area contributed by atoms with Gasteiger partial charge in [-0.1, -0.05) is 54.1 Å². The molecule has 2 aromatic rings. The number of benzene rings is 2. The van der Waals surface area contributed by atoms with E-state index in [1.54, 1.807) is 0 Å². The Hall–Kier alpha value is -1.31. The fourth-order valence-corrected chi connectivity index (χ4v) is 3.51. The number of hydrogen-bond acceptors (Lipinski definition) is 1. The molecule has 2 N–H and O–H groups in total. The van der Waals surface area contributed by atoms with Crippen LogP contribution in [0.15, 0.2) is 48.5 Å². The molecule has 1 aliphatic rings. The van der Waals surface area contributed by atoms with Gasteiger partial charge < -0.3 is 5.73 Å². The van der Waals surface area contributed by atoms with Crippen LogP contribution in [0, 0.1) is 0 Å². The van der Waals surface area contributed by atoms with Gasteiger partial charge in [-0.05, 0) is 54.4 Å². The van der Waals surface area contributed by atoms with Crippen molar-refractivity contribution in [3.63, 3.8) is 0 Å². The number of halogens is 1. The van der Waals surface area contributed by atoms with E-state index in [0.29, 0.717) is 5.92 Å². The van der Waals surface area contributed by atoms with E-state index in [-0.39, 0.29) is 6.04 Å². The van der Waals surface area contributed by atoms with Crippen molar-refractivity contribution in [3.8, 4) is 0 Å². The summed E-state index contributed by atoms with van der Waals surface area (Å²) in [6.07, 6.45) is 4.45. The minimum Gasteiger partial charge on any atom is -0.327 e. The second kappa shape index (κ2) is 5.99. The van der Waals surface area contributed by atoms with Gasteiger partial charge in [0.2, 0.25) is 0 Å². The fourth-order valence-electron chi connectivity index (χ4n) is 3.30. The first-order valence-corrected chi connectivity index (χ1v) is 7.70. The monoisotopic (exact) mass is 285 g/mol. The molecular formula is C18H20ClN. The highest BCUT2D eigenvalue weighted by Crippen LogP contribution is 2.34. The highest BCUT2D eigenvalue weighted by molar-refractivity contribution is 6.31. The fraction of sp³-hybridized carbons (Fsp3) is 0.333. The Labute approximate surface area is 125 Å². The molecule has 2 unspecified atom stereocenters. The molecule has 0 heterocycles. The standard InChI is InChI=1S/C18H20ClN/c19-17-11-4-2-7-14(17)12-18(20)16-10-5-8-13-6-1-3-9-15(13)16/h1-4,6-7,9,11,16,18H,5,8,10,12,20H2. The van der Waals surface area contributed by atoms with Gasteiger partial charge in [0, 0.05) is 11.1 Å². The number of fused-ring (bicyclic) bond motifs is 1. The molecule has 2 atom stereocenters. The molecule has 3 rings (SSSR count). The quantitative estimate of drug-likeness (QED) is 0.892. The molecule has 1 nitrogen and oxygen atoms in total. The molecule has 0 saturated carbocycles. The molecule has 0 saturated heterocycles. The molecule has 2 aromatic carbocycles. The lowest BCUT2D eigenvalue weighted by molar-refractivity contribution is 0.460. The summed E-state index contributed by atoms with van der Waals surface area (Å²) in [6, 6.07) is 16.9. The first-order valence-electron chi connectivity index (χ1n) is 7.32. The molecule has 2 heteroatoms. The van der Waals surface area contributed by atoms with Gasteiger partial charge in [0.25, 0.3) is 0 Å². The molecule has 20 heavy (non-hydrogen) atoms. The second-order valence-corrected chi connectivity index (χ2v) is 6.06. The molecule has 0 aromatic heterocycles. The van der Waals surface area contributed by atoms with Crippen molar-refractivity contribution < 1.29 is 0 Å². The van der Waals surface area contributed by atoms with E-state index in [0.717, 1.165) is 17.0 Å². The summed E-state index contributed by atoms with van der Waals surface area (Å²) in [4.78, 5) is 0. The Morgan fingerprint density at radius 1 is 1.10 bits per heavy atom. The third-order valence-corrected chi connectivity index (χ3v) is 4.71. The third kappa shape index (κ3) is 2.74. The summed E-state index contributed by atoms with van der Waals surface area (Å²) in [5, 5.41) is 0.826. The van der Waals surface area contributed by atoms with Gasteiger partial charge in [0.05, 0.1) is 0 Å². The molecule has 104 valence electrons. The van der Waals surface area contributed by atoms with Crippen LogP contribution in [0.5, 0.6) is 0 Å². The summed E-state index contributed by atoms with van der Waals surface area (Å²) >= 11 is 6.25. The molecule has 0 amide bonds. The molecule has 0 aliphatic heterocycles. The third-order valence-electron chi connectivity index (χ3n) is 4.35. The van der Waals surface area contributed by atoms with Crippen LogP contribution < -0.4 is 5.73 Å². The van der Waals surface area contributed by atoms with Crippen LogP contribution >= 0.6 is 11.6 Å². The molecule has 0 radical (unpaired) electrons. The maximum absolute atomic E-state index is 6.51. The van der Waals surface area contributed by atoms with Crippen LogP contribution in [0.2, 0.25) is 5.02 Å². The first kappa shape index (κ1) is 13.7. The number of rotatable bonds is 3. The van der Waals surface area contributed by atoms with E-state index in [2.05, 4.69) is 30.3 Å². The van der Waals surface area contributed by atoms with Crippen LogP contribution in [0.3, 0.4) is 0 Å². The maximum atomic E-state index is 6.51. The minimum absolute atomic E-state index is 0.136. The zero-order chi connectivity index (χ0) is 13.9. The van der Waals surface area contributed by atoms with Gasteiger partial charge in [-0.15, -0.1) is 0 Å². The van der Waals surface area contributed by atoms with Crippen molar-refractivity contribution in [2.75, 3.05) is 0 Å². The molecule has 1 aliphatic carbocycles. The summed E-state index contributed by atoms with van der Waals surface area (Å²) in [6.45, 7) is 0. The minimum atomic E-state index is 0.136. The number of nitrogens with two attached hydrogens (primary N) is 1. The van der Waals surface area contributed by atoms with E-state index in [4.69, 9.17) is 17.3 Å². The first-order chi connectivity index (χ1) is 9.75. The Morgan fingerprint density at radius 3 is 2.70 bits per heavy atom. The highest BCUT2D eigenvalue weighted by Gasteiger charge is 2.25. The molecular weight excluding hydrogens is 266 g/mol. The largest absolute Gasteiger partial charge is 0.327 e. The smallest absolute Gasteiger partial charge is 0.0438 e. The Bertz CT molecular complexity index is 593. The lowest BCUT2D eigenvalue weighted by Crippen LogP contribution is -2.33. The van der Waals surface area contributed by atoms with Crippen molar-refractivity contribution in [1.82, 2.24) is 0 Å². The van der Waals surface area contributed by atoms with Crippen LogP contribution in [0.4, 0.5) is 0 Å². The van der Waals surface area contributed by atoms with Crippen molar-refractivity contribution in [1.29, 1.82) is 0 Å². The zero-order valence-corrected chi connectivity index (χ0v) is 12.3. The number of hydrogen-bond donors (Lipinski definition) is 1. The van der Waals surface area contributed by atoms with E-state index >= 15 is 0 Å². The van der Waals surface area contributed by atoms with Gasteiger partial charge in [0.1, 0.15) is 0 Å². The van der Waals surface area contributed by atoms with Gasteiger partial charge in [-0.3, -0.25) is 0 Å². The normalized spacial score (nSPS) is 19.4. The van der Waals surface area contributed by atoms with Gasteiger partial charge in [-0.25, -0.2) is 0 Å². The topological polar surface area (TPSA) is 26.0 Å². The lowest BCUT2D eigenvalue weighted by atomic mass is 9.77. The number of aryl methyl sites for hydroxylation is 1. The molecule has 0 fully saturated rings. The summed E-state index contributed by atoms with van der Waals surface area (Å²) in [5.41, 5.74) is 10.6. The van der Waals surface area contributed by atoms with E-state index < -0.39 is 0 Å². The van der Waals surface area contributed by atoms with Crippen LogP contribution in [-0.4, -0.2) is 6.04 Å². The van der Waals surface area contributed by atoms with Gasteiger partial charge in [-0.2, -0.15) is 0 Å². The van der Waals surface area contributed by atoms with E-state index in [9.17, 15) is 0 Å². The highest BCUT2D eigenvalue weighted by atomic mass is 35.5. The maximum Gasteiger partial charge on any atom is 0.0438 e. The molecule has 0 spiro atoms. The SMILES string of the molecule is NC(Cc1ccccc1Cl)C1CCCc2ccccc21. The van der Waals surface area contributed by atoms with Crippen molar-refractivity contribution in [2.45, 2.75) is 37.6 Å². The average molecular weight is 286 g/mol. The molecule has 0 bridgehead atoms. The lowest BCUT2D eigenvalue weighted by Gasteiger charge is -2.30. The van der Waals surface area contributed by atoms with Crippen molar-refractivity contribution in [3.05, 3.63) is 70.2 Å². The Morgan fingerprint density at radius 2 is 1.85 bits per heavy atom. The summed E-state index contributed by atoms with van der Waals surface area (Å²) in [7, 11) is 0. The predicted molar refractivity (Wildman–Crippen MR) is 85.3 cm³/mol. The summed E-state index contributed by atoms with van der Waals surface area (Å²) in [5.74, 6) is 0.455.